The molecule has 3 rings (SSSR count). The number of nitro groups is 1. The summed E-state index contributed by atoms with van der Waals surface area (Å²) in [6.45, 7) is -0.0729. The van der Waals surface area contributed by atoms with E-state index in [4.69, 9.17) is 9.26 Å². The number of rotatable bonds is 6. The number of non-ortho nitro benzene ring substituents is 1. The maximum absolute atomic E-state index is 12.9. The Morgan fingerprint density at radius 3 is 2.50 bits per heavy atom. The largest absolute Gasteiger partial charge is 0.459 e. The van der Waals surface area contributed by atoms with Crippen molar-refractivity contribution in [3.05, 3.63) is 81.8 Å². The summed E-state index contributed by atoms with van der Waals surface area (Å²) in [5.41, 5.74) is 1.63. The predicted molar refractivity (Wildman–Crippen MR) is 88.5 cm³/mol. The average Bonchev–Trinajstić information content (AvgIpc) is 3.10. The number of hydrogen-bond acceptors (Lipinski definition) is 6. The first-order valence-corrected chi connectivity index (χ1v) is 7.62. The molecule has 0 N–H and O–H groups in total. The molecule has 0 atom stereocenters. The van der Waals surface area contributed by atoms with Crippen LogP contribution in [0.4, 0.5) is 10.1 Å². The molecule has 1 aromatic heterocycles. The van der Waals surface area contributed by atoms with E-state index in [9.17, 15) is 19.3 Å². The molecule has 0 spiro atoms. The third kappa shape index (κ3) is 4.29. The predicted octanol–water partition coefficient (Wildman–Crippen LogP) is 3.67. The van der Waals surface area contributed by atoms with Gasteiger partial charge in [-0.1, -0.05) is 17.3 Å². The Hall–Kier alpha value is -3.55. The lowest BCUT2D eigenvalue weighted by Crippen LogP contribution is -2.08. The van der Waals surface area contributed by atoms with Crippen molar-refractivity contribution in [2.75, 3.05) is 0 Å². The number of esters is 1. The van der Waals surface area contributed by atoms with Gasteiger partial charge in [0.15, 0.2) is 5.76 Å². The van der Waals surface area contributed by atoms with Crippen LogP contribution in [0, 0.1) is 15.9 Å². The third-order valence-electron chi connectivity index (χ3n) is 3.56. The summed E-state index contributed by atoms with van der Waals surface area (Å²) in [5, 5.41) is 14.4. The van der Waals surface area contributed by atoms with Gasteiger partial charge in [-0.05, 0) is 29.8 Å². The van der Waals surface area contributed by atoms with Crippen molar-refractivity contribution in [2.45, 2.75) is 13.0 Å². The first-order valence-electron chi connectivity index (χ1n) is 7.62. The zero-order chi connectivity index (χ0) is 18.5. The molecular formula is C18H13FN2O5. The third-order valence-corrected chi connectivity index (χ3v) is 3.56. The number of hydrogen-bond donors (Lipinski definition) is 0. The fourth-order valence-electron chi connectivity index (χ4n) is 2.24. The van der Waals surface area contributed by atoms with Crippen molar-refractivity contribution in [3.63, 3.8) is 0 Å². The molecule has 0 aliphatic rings. The molecule has 3 aromatic rings. The number of benzene rings is 2. The van der Waals surface area contributed by atoms with E-state index in [1.165, 1.54) is 36.4 Å². The van der Waals surface area contributed by atoms with Crippen molar-refractivity contribution < 1.29 is 23.4 Å². The van der Waals surface area contributed by atoms with Crippen LogP contribution in [0.5, 0.6) is 0 Å². The van der Waals surface area contributed by atoms with E-state index in [2.05, 4.69) is 5.16 Å². The Bertz CT molecular complexity index is 920. The van der Waals surface area contributed by atoms with E-state index < -0.39 is 10.9 Å². The minimum absolute atomic E-state index is 0.0132. The molecule has 0 amide bonds. The highest BCUT2D eigenvalue weighted by atomic mass is 19.1. The van der Waals surface area contributed by atoms with Crippen LogP contribution in [0.1, 0.15) is 11.3 Å². The monoisotopic (exact) mass is 356 g/mol. The van der Waals surface area contributed by atoms with Crippen LogP contribution in [-0.2, 0) is 22.6 Å². The number of nitro benzene ring substituents is 1. The zero-order valence-electron chi connectivity index (χ0n) is 13.4. The second kappa shape index (κ2) is 7.56. The van der Waals surface area contributed by atoms with E-state index in [0.717, 1.165) is 0 Å². The van der Waals surface area contributed by atoms with Gasteiger partial charge in [-0.25, -0.2) is 4.39 Å². The summed E-state index contributed by atoms with van der Waals surface area (Å²) < 4.78 is 23.2. The van der Waals surface area contributed by atoms with E-state index >= 15 is 0 Å². The summed E-state index contributed by atoms with van der Waals surface area (Å²) in [6, 6.07) is 13.0. The Labute approximate surface area is 147 Å². The lowest BCUT2D eigenvalue weighted by atomic mass is 10.1. The van der Waals surface area contributed by atoms with Crippen LogP contribution >= 0.6 is 0 Å². The molecule has 0 saturated carbocycles. The van der Waals surface area contributed by atoms with Crippen LogP contribution < -0.4 is 0 Å². The molecule has 0 bridgehead atoms. The molecule has 26 heavy (non-hydrogen) atoms. The summed E-state index contributed by atoms with van der Waals surface area (Å²) in [5.74, 6) is -0.412. The standard InChI is InChI=1S/C18H13FN2O5/c19-14-5-3-13(4-6-14)17-10-15(20-26-17)11-25-18(22)9-12-1-7-16(8-2-12)21(23)24/h1-8,10H,9,11H2. The van der Waals surface area contributed by atoms with Crippen molar-refractivity contribution in [3.8, 4) is 11.3 Å². The number of aromatic nitrogens is 1. The van der Waals surface area contributed by atoms with Gasteiger partial charge < -0.3 is 9.26 Å². The lowest BCUT2D eigenvalue weighted by molar-refractivity contribution is -0.384. The molecule has 1 heterocycles. The van der Waals surface area contributed by atoms with Gasteiger partial charge in [0.2, 0.25) is 0 Å². The van der Waals surface area contributed by atoms with Crippen molar-refractivity contribution >= 4 is 11.7 Å². The first kappa shape index (κ1) is 17.3. The zero-order valence-corrected chi connectivity index (χ0v) is 13.4. The summed E-state index contributed by atoms with van der Waals surface area (Å²) in [6.07, 6.45) is -0.0132. The molecular weight excluding hydrogens is 343 g/mol. The van der Waals surface area contributed by atoms with Crippen LogP contribution in [0.25, 0.3) is 11.3 Å². The van der Waals surface area contributed by atoms with Gasteiger partial charge >= 0.3 is 5.97 Å². The normalized spacial score (nSPS) is 10.5. The molecule has 2 aromatic carbocycles. The van der Waals surface area contributed by atoms with Gasteiger partial charge in [0, 0.05) is 23.8 Å². The Kier molecular flexibility index (Phi) is 5.02. The maximum Gasteiger partial charge on any atom is 0.310 e. The number of halogens is 1. The minimum Gasteiger partial charge on any atom is -0.459 e. The van der Waals surface area contributed by atoms with Crippen molar-refractivity contribution in [1.82, 2.24) is 5.16 Å². The molecule has 7 nitrogen and oxygen atoms in total. The molecule has 132 valence electrons. The second-order valence-electron chi connectivity index (χ2n) is 5.45. The Balaban J connectivity index is 1.54. The highest BCUT2D eigenvalue weighted by molar-refractivity contribution is 5.72. The summed E-state index contributed by atoms with van der Waals surface area (Å²) >= 11 is 0. The quantitative estimate of drug-likeness (QED) is 0.380. The topological polar surface area (TPSA) is 95.5 Å². The molecule has 0 unspecified atom stereocenters. The average molecular weight is 356 g/mol. The van der Waals surface area contributed by atoms with Gasteiger partial charge in [-0.3, -0.25) is 14.9 Å². The van der Waals surface area contributed by atoms with Gasteiger partial charge in [0.05, 0.1) is 11.3 Å². The first-order chi connectivity index (χ1) is 12.5. The Morgan fingerprint density at radius 2 is 1.85 bits per heavy atom. The second-order valence-corrected chi connectivity index (χ2v) is 5.45. The number of nitrogens with zero attached hydrogens (tertiary/aromatic N) is 2. The van der Waals surface area contributed by atoms with Crippen LogP contribution in [-0.4, -0.2) is 16.0 Å². The van der Waals surface area contributed by atoms with Crippen molar-refractivity contribution in [2.24, 2.45) is 0 Å². The summed E-state index contributed by atoms with van der Waals surface area (Å²) in [7, 11) is 0. The fraction of sp³-hybridized carbons (Fsp3) is 0.111. The van der Waals surface area contributed by atoms with Crippen LogP contribution in [0.2, 0.25) is 0 Å². The van der Waals surface area contributed by atoms with Crippen molar-refractivity contribution in [1.29, 1.82) is 0 Å². The SMILES string of the molecule is O=C(Cc1ccc([N+](=O)[O-])cc1)OCc1cc(-c2ccc(F)cc2)on1. The number of carbonyl (C=O) groups excluding carboxylic acids is 1. The Morgan fingerprint density at radius 1 is 1.15 bits per heavy atom. The highest BCUT2D eigenvalue weighted by Crippen LogP contribution is 2.21. The maximum atomic E-state index is 12.9. The number of carbonyl (C=O) groups is 1. The van der Waals surface area contributed by atoms with Crippen LogP contribution in [0.3, 0.4) is 0 Å². The molecule has 0 aliphatic heterocycles. The minimum atomic E-state index is -0.509. The summed E-state index contributed by atoms with van der Waals surface area (Å²) in [4.78, 5) is 21.9. The van der Waals surface area contributed by atoms with Gasteiger partial charge in [0.1, 0.15) is 18.1 Å². The highest BCUT2D eigenvalue weighted by Gasteiger charge is 2.11. The molecule has 8 heteroatoms. The molecule has 0 saturated heterocycles. The van der Waals surface area contributed by atoms with Crippen LogP contribution in [0.15, 0.2) is 59.1 Å². The molecule has 0 fully saturated rings. The molecule has 0 aliphatic carbocycles. The lowest BCUT2D eigenvalue weighted by Gasteiger charge is -2.02. The molecule has 0 radical (unpaired) electrons. The number of ether oxygens (including phenoxy) is 1. The van der Waals surface area contributed by atoms with E-state index in [1.54, 1.807) is 18.2 Å². The van der Waals surface area contributed by atoms with Gasteiger partial charge in [0.25, 0.3) is 5.69 Å². The van der Waals surface area contributed by atoms with E-state index in [-0.39, 0.29) is 24.5 Å². The smallest absolute Gasteiger partial charge is 0.310 e. The van der Waals surface area contributed by atoms with Gasteiger partial charge in [-0.2, -0.15) is 0 Å². The fourth-order valence-corrected chi connectivity index (χ4v) is 2.24. The van der Waals surface area contributed by atoms with E-state index in [1.807, 2.05) is 0 Å². The van der Waals surface area contributed by atoms with E-state index in [0.29, 0.717) is 22.6 Å². The van der Waals surface area contributed by atoms with Gasteiger partial charge in [-0.15, -0.1) is 0 Å².